The van der Waals surface area contributed by atoms with E-state index in [1.807, 2.05) is 64.9 Å². The first-order chi connectivity index (χ1) is 15.5. The van der Waals surface area contributed by atoms with E-state index in [-0.39, 0.29) is 24.2 Å². The van der Waals surface area contributed by atoms with Crippen LogP contribution in [0.2, 0.25) is 5.02 Å². The van der Waals surface area contributed by atoms with Crippen LogP contribution in [0.25, 0.3) is 11.0 Å². The summed E-state index contributed by atoms with van der Waals surface area (Å²) in [5.41, 5.74) is 4.31. The van der Waals surface area contributed by atoms with Gasteiger partial charge in [-0.05, 0) is 55.0 Å². The average Bonchev–Trinajstić information content (AvgIpc) is 3.35. The molecule has 1 aliphatic rings. The molecular formula is C26H22ClN3O2. The molecule has 32 heavy (non-hydrogen) atoms. The number of halogens is 1. The molecule has 6 heteroatoms. The Labute approximate surface area is 191 Å². The Kier molecular flexibility index (Phi) is 5.27. The van der Waals surface area contributed by atoms with Gasteiger partial charge in [0.15, 0.2) is 5.78 Å². The van der Waals surface area contributed by atoms with E-state index in [1.165, 1.54) is 0 Å². The molecule has 1 aliphatic heterocycles. The number of aromatic nitrogens is 2. The molecule has 1 unspecified atom stereocenters. The average molecular weight is 444 g/mol. The number of ketones is 1. The van der Waals surface area contributed by atoms with Crippen molar-refractivity contribution in [3.8, 4) is 0 Å². The van der Waals surface area contributed by atoms with Crippen molar-refractivity contribution in [2.24, 2.45) is 0 Å². The van der Waals surface area contributed by atoms with Crippen LogP contribution in [0.5, 0.6) is 0 Å². The largest absolute Gasteiger partial charge is 0.320 e. The van der Waals surface area contributed by atoms with Gasteiger partial charge < -0.3 is 9.47 Å². The van der Waals surface area contributed by atoms with Crippen LogP contribution in [0, 0.1) is 6.92 Å². The molecule has 5 rings (SSSR count). The maximum Gasteiger partial charge on any atom is 0.227 e. The lowest BCUT2D eigenvalue weighted by molar-refractivity contribution is -0.117. The molecule has 4 aromatic rings. The fourth-order valence-electron chi connectivity index (χ4n) is 4.42. The Morgan fingerprint density at radius 3 is 2.53 bits per heavy atom. The second-order valence-electron chi connectivity index (χ2n) is 8.17. The lowest BCUT2D eigenvalue weighted by atomic mass is 10.1. The standard InChI is InChI=1S/C26H22ClN3O2/c1-17-6-2-4-8-22(17)29-15-19(14-25(29)32)26-28-21-7-3-5-9-23(21)30(26)16-24(31)18-10-12-20(27)13-11-18/h2-13,19H,14-16H2,1H3. The molecule has 2 heterocycles. The number of para-hydroxylation sites is 3. The van der Waals surface area contributed by atoms with Crippen LogP contribution < -0.4 is 4.90 Å². The number of anilines is 1. The summed E-state index contributed by atoms with van der Waals surface area (Å²) in [6.07, 6.45) is 0.368. The Hall–Kier alpha value is -3.44. The Bertz CT molecular complexity index is 1330. The molecular weight excluding hydrogens is 422 g/mol. The van der Waals surface area contributed by atoms with Gasteiger partial charge in [-0.2, -0.15) is 0 Å². The molecule has 0 radical (unpaired) electrons. The molecule has 1 fully saturated rings. The molecule has 0 saturated carbocycles. The van der Waals surface area contributed by atoms with Crippen molar-refractivity contribution in [1.29, 1.82) is 0 Å². The van der Waals surface area contributed by atoms with Crippen molar-refractivity contribution in [2.45, 2.75) is 25.8 Å². The SMILES string of the molecule is Cc1ccccc1N1CC(c2nc3ccccc3n2CC(=O)c2ccc(Cl)cc2)CC1=O. The van der Waals surface area contributed by atoms with Crippen LogP contribution in [0.3, 0.4) is 0 Å². The van der Waals surface area contributed by atoms with E-state index in [1.54, 1.807) is 24.3 Å². The van der Waals surface area contributed by atoms with E-state index >= 15 is 0 Å². The fourth-order valence-corrected chi connectivity index (χ4v) is 4.55. The van der Waals surface area contributed by atoms with Gasteiger partial charge in [-0.25, -0.2) is 4.98 Å². The molecule has 1 aromatic heterocycles. The van der Waals surface area contributed by atoms with Crippen LogP contribution in [-0.2, 0) is 11.3 Å². The van der Waals surface area contributed by atoms with Crippen LogP contribution in [0.4, 0.5) is 5.69 Å². The highest BCUT2D eigenvalue weighted by Crippen LogP contribution is 2.34. The second-order valence-corrected chi connectivity index (χ2v) is 8.60. The molecule has 1 atom stereocenters. The lowest BCUT2D eigenvalue weighted by Gasteiger charge is -2.19. The highest BCUT2D eigenvalue weighted by molar-refractivity contribution is 6.30. The summed E-state index contributed by atoms with van der Waals surface area (Å²) >= 11 is 5.97. The third kappa shape index (κ3) is 3.69. The number of fused-ring (bicyclic) bond motifs is 1. The number of Topliss-reactive ketones (excluding diaryl/α,β-unsaturated/α-hetero) is 1. The van der Waals surface area contributed by atoms with Crippen LogP contribution >= 0.6 is 11.6 Å². The van der Waals surface area contributed by atoms with Crippen molar-refractivity contribution in [1.82, 2.24) is 9.55 Å². The normalized spacial score (nSPS) is 16.1. The van der Waals surface area contributed by atoms with Gasteiger partial charge in [0, 0.05) is 35.2 Å². The lowest BCUT2D eigenvalue weighted by Crippen LogP contribution is -2.25. The van der Waals surface area contributed by atoms with Crippen LogP contribution in [0.1, 0.15) is 34.1 Å². The van der Waals surface area contributed by atoms with Crippen LogP contribution in [0.15, 0.2) is 72.8 Å². The summed E-state index contributed by atoms with van der Waals surface area (Å²) in [5, 5.41) is 0.594. The third-order valence-electron chi connectivity index (χ3n) is 6.05. The first-order valence-corrected chi connectivity index (χ1v) is 11.0. The molecule has 0 spiro atoms. The molecule has 0 N–H and O–H groups in total. The summed E-state index contributed by atoms with van der Waals surface area (Å²) in [4.78, 5) is 32.7. The van der Waals surface area contributed by atoms with Crippen molar-refractivity contribution >= 4 is 40.0 Å². The number of carbonyl (C=O) groups excluding carboxylic acids is 2. The highest BCUT2D eigenvalue weighted by Gasteiger charge is 2.35. The van der Waals surface area contributed by atoms with Gasteiger partial charge in [0.25, 0.3) is 0 Å². The molecule has 0 aliphatic carbocycles. The molecule has 5 nitrogen and oxygen atoms in total. The van der Waals surface area contributed by atoms with Gasteiger partial charge in [0.1, 0.15) is 5.82 Å². The van der Waals surface area contributed by atoms with E-state index in [9.17, 15) is 9.59 Å². The maximum absolute atomic E-state index is 13.1. The zero-order chi connectivity index (χ0) is 22.2. The van der Waals surface area contributed by atoms with E-state index in [2.05, 4.69) is 0 Å². The zero-order valence-electron chi connectivity index (χ0n) is 17.7. The Morgan fingerprint density at radius 1 is 1.03 bits per heavy atom. The van der Waals surface area contributed by atoms with Crippen molar-refractivity contribution in [2.75, 3.05) is 11.4 Å². The number of hydrogen-bond donors (Lipinski definition) is 0. The Balaban J connectivity index is 1.51. The number of hydrogen-bond acceptors (Lipinski definition) is 3. The molecule has 160 valence electrons. The number of aryl methyl sites for hydroxylation is 1. The number of rotatable bonds is 5. The monoisotopic (exact) mass is 443 g/mol. The highest BCUT2D eigenvalue weighted by atomic mass is 35.5. The number of amides is 1. The topological polar surface area (TPSA) is 55.2 Å². The minimum absolute atomic E-state index is 0.0221. The predicted molar refractivity (Wildman–Crippen MR) is 126 cm³/mol. The van der Waals surface area contributed by atoms with Gasteiger partial charge in [-0.1, -0.05) is 41.9 Å². The third-order valence-corrected chi connectivity index (χ3v) is 6.30. The minimum atomic E-state index is -0.0903. The maximum atomic E-state index is 13.1. The van der Waals surface area contributed by atoms with Crippen molar-refractivity contribution in [3.63, 3.8) is 0 Å². The molecule has 0 bridgehead atoms. The summed E-state index contributed by atoms with van der Waals surface area (Å²) in [6, 6.07) is 22.6. The fraction of sp³-hybridized carbons (Fsp3) is 0.192. The zero-order valence-corrected chi connectivity index (χ0v) is 18.4. The molecule has 1 saturated heterocycles. The van der Waals surface area contributed by atoms with Crippen LogP contribution in [-0.4, -0.2) is 27.8 Å². The van der Waals surface area contributed by atoms with Crippen molar-refractivity contribution < 1.29 is 9.59 Å². The summed E-state index contributed by atoms with van der Waals surface area (Å²) in [7, 11) is 0. The summed E-state index contributed by atoms with van der Waals surface area (Å²) < 4.78 is 1.96. The van der Waals surface area contributed by atoms with Gasteiger partial charge in [-0.15, -0.1) is 0 Å². The van der Waals surface area contributed by atoms with E-state index in [4.69, 9.17) is 16.6 Å². The number of carbonyl (C=O) groups is 2. The number of nitrogens with zero attached hydrogens (tertiary/aromatic N) is 3. The van der Waals surface area contributed by atoms with E-state index in [0.717, 1.165) is 28.1 Å². The molecule has 1 amide bonds. The summed E-state index contributed by atoms with van der Waals surface area (Å²) in [6.45, 7) is 2.71. The Morgan fingerprint density at radius 2 is 1.75 bits per heavy atom. The second kappa shape index (κ2) is 8.24. The predicted octanol–water partition coefficient (Wildman–Crippen LogP) is 5.40. The number of imidazole rings is 1. The van der Waals surface area contributed by atoms with Gasteiger partial charge in [0.2, 0.25) is 5.91 Å². The first-order valence-electron chi connectivity index (χ1n) is 10.6. The first kappa shape index (κ1) is 20.5. The number of benzene rings is 3. The van der Waals surface area contributed by atoms with E-state index in [0.29, 0.717) is 23.6 Å². The smallest absolute Gasteiger partial charge is 0.227 e. The van der Waals surface area contributed by atoms with Crippen molar-refractivity contribution in [3.05, 3.63) is 94.8 Å². The minimum Gasteiger partial charge on any atom is -0.320 e. The molecule has 3 aromatic carbocycles. The van der Waals surface area contributed by atoms with Gasteiger partial charge in [0.05, 0.1) is 17.6 Å². The van der Waals surface area contributed by atoms with E-state index < -0.39 is 0 Å². The van der Waals surface area contributed by atoms with Gasteiger partial charge >= 0.3 is 0 Å². The quantitative estimate of drug-likeness (QED) is 0.388. The summed E-state index contributed by atoms with van der Waals surface area (Å²) in [5.74, 6) is 0.739. The van der Waals surface area contributed by atoms with Gasteiger partial charge in [-0.3, -0.25) is 9.59 Å².